The summed E-state index contributed by atoms with van der Waals surface area (Å²) in [6.45, 7) is 5.11. The number of thioether (sulfide) groups is 1. The average molecular weight is 432 g/mol. The largest absolute Gasteiger partial charge is 0.379 e. The third-order valence-corrected chi connectivity index (χ3v) is 6.61. The van der Waals surface area contributed by atoms with Crippen LogP contribution in [0.3, 0.4) is 0 Å². The zero-order valence-electron chi connectivity index (χ0n) is 18.3. The number of hydrogen-bond acceptors (Lipinski definition) is 5. The predicted octanol–water partition coefficient (Wildman–Crippen LogP) is 4.09. The average Bonchev–Trinajstić information content (AvgIpc) is 2.76. The van der Waals surface area contributed by atoms with Gasteiger partial charge in [0.15, 0.2) is 5.16 Å². The van der Waals surface area contributed by atoms with E-state index in [2.05, 4.69) is 0 Å². The number of rotatable bonds is 9. The molecule has 1 amide bonds. The molecular formula is C23H33N3O3S. The smallest absolute Gasteiger partial charge is 0.262 e. The topological polar surface area (TPSA) is 64.4 Å². The Hall–Kier alpha value is -1.86. The van der Waals surface area contributed by atoms with E-state index in [1.807, 2.05) is 50.1 Å². The maximum Gasteiger partial charge on any atom is 0.262 e. The number of carbonyl (C=O) groups is 1. The van der Waals surface area contributed by atoms with Crippen molar-refractivity contribution in [2.45, 2.75) is 76.2 Å². The van der Waals surface area contributed by atoms with Crippen LogP contribution in [0.2, 0.25) is 0 Å². The summed E-state index contributed by atoms with van der Waals surface area (Å²) in [5.41, 5.74) is 0.619. The molecule has 1 aromatic carbocycles. The summed E-state index contributed by atoms with van der Waals surface area (Å²) < 4.78 is 7.32. The van der Waals surface area contributed by atoms with E-state index in [-0.39, 0.29) is 17.6 Å². The minimum absolute atomic E-state index is 0.0549. The molecule has 3 rings (SSSR count). The van der Waals surface area contributed by atoms with E-state index in [0.717, 1.165) is 19.3 Å². The number of fused-ring (bicyclic) bond motifs is 1. The van der Waals surface area contributed by atoms with Gasteiger partial charge in [-0.15, -0.1) is 0 Å². The standard InChI is InChI=1S/C23H33N3O3S/c1-17(2)29-15-9-14-26-22(28)19-12-7-8-13-20(19)24-23(26)30-16-21(27)25(3)18-10-5-4-6-11-18/h7-8,12-13,17-18H,4-6,9-11,14-16H2,1-3H3. The second kappa shape index (κ2) is 11.0. The van der Waals surface area contributed by atoms with Gasteiger partial charge in [0.05, 0.1) is 22.8 Å². The highest BCUT2D eigenvalue weighted by atomic mass is 32.2. The van der Waals surface area contributed by atoms with Crippen molar-refractivity contribution in [3.63, 3.8) is 0 Å². The quantitative estimate of drug-likeness (QED) is 0.340. The molecule has 0 bridgehead atoms. The van der Waals surface area contributed by atoms with Crippen molar-refractivity contribution in [3.8, 4) is 0 Å². The molecule has 30 heavy (non-hydrogen) atoms. The number of nitrogens with zero attached hydrogens (tertiary/aromatic N) is 3. The van der Waals surface area contributed by atoms with Gasteiger partial charge < -0.3 is 9.64 Å². The van der Waals surface area contributed by atoms with E-state index in [1.54, 1.807) is 4.57 Å². The van der Waals surface area contributed by atoms with Gasteiger partial charge in [-0.3, -0.25) is 14.2 Å². The van der Waals surface area contributed by atoms with Gasteiger partial charge in [-0.25, -0.2) is 4.98 Å². The fraction of sp³-hybridized carbons (Fsp3) is 0.609. The number of carbonyl (C=O) groups excluding carboxylic acids is 1. The fourth-order valence-electron chi connectivity index (χ4n) is 3.90. The van der Waals surface area contributed by atoms with Gasteiger partial charge in [0, 0.05) is 26.2 Å². The molecule has 0 saturated heterocycles. The van der Waals surface area contributed by atoms with Gasteiger partial charge in [-0.1, -0.05) is 43.2 Å². The maximum absolute atomic E-state index is 13.1. The molecule has 2 aromatic rings. The minimum Gasteiger partial charge on any atom is -0.379 e. The molecule has 6 nitrogen and oxygen atoms in total. The summed E-state index contributed by atoms with van der Waals surface area (Å²) in [6.07, 6.45) is 6.71. The van der Waals surface area contributed by atoms with E-state index in [1.165, 1.54) is 31.0 Å². The molecular weight excluding hydrogens is 398 g/mol. The summed E-state index contributed by atoms with van der Waals surface area (Å²) in [5.74, 6) is 0.393. The van der Waals surface area contributed by atoms with Crippen LogP contribution < -0.4 is 5.56 Å². The number of para-hydroxylation sites is 1. The first kappa shape index (κ1) is 22.8. The molecule has 1 saturated carbocycles. The van der Waals surface area contributed by atoms with E-state index in [4.69, 9.17) is 9.72 Å². The van der Waals surface area contributed by atoms with Crippen LogP contribution in [0.15, 0.2) is 34.2 Å². The van der Waals surface area contributed by atoms with Crippen molar-refractivity contribution >= 4 is 28.6 Å². The Labute approximate surface area is 183 Å². The van der Waals surface area contributed by atoms with Crippen LogP contribution in [0.5, 0.6) is 0 Å². The van der Waals surface area contributed by atoms with Gasteiger partial charge in [-0.05, 0) is 45.2 Å². The SMILES string of the molecule is CC(C)OCCCn1c(SCC(=O)N(C)C2CCCCC2)nc2ccccc2c1=O. The molecule has 7 heteroatoms. The van der Waals surface area contributed by atoms with Gasteiger partial charge >= 0.3 is 0 Å². The van der Waals surface area contributed by atoms with Crippen LogP contribution in [0.1, 0.15) is 52.4 Å². The van der Waals surface area contributed by atoms with Crippen LogP contribution in [0, 0.1) is 0 Å². The molecule has 1 fully saturated rings. The van der Waals surface area contributed by atoms with Gasteiger partial charge in [0.2, 0.25) is 5.91 Å². The number of ether oxygens (including phenoxy) is 1. The molecule has 1 heterocycles. The van der Waals surface area contributed by atoms with Gasteiger partial charge in [0.1, 0.15) is 0 Å². The van der Waals surface area contributed by atoms with Crippen molar-refractivity contribution in [3.05, 3.63) is 34.6 Å². The zero-order valence-corrected chi connectivity index (χ0v) is 19.1. The lowest BCUT2D eigenvalue weighted by Gasteiger charge is -2.31. The lowest BCUT2D eigenvalue weighted by molar-refractivity contribution is -0.129. The molecule has 0 N–H and O–H groups in total. The van der Waals surface area contributed by atoms with Crippen LogP contribution in [0.25, 0.3) is 10.9 Å². The third kappa shape index (κ3) is 5.85. The summed E-state index contributed by atoms with van der Waals surface area (Å²) >= 11 is 1.36. The van der Waals surface area contributed by atoms with E-state index in [9.17, 15) is 9.59 Å². The first-order chi connectivity index (χ1) is 14.5. The highest BCUT2D eigenvalue weighted by Gasteiger charge is 2.22. The highest BCUT2D eigenvalue weighted by molar-refractivity contribution is 7.99. The molecule has 0 unspecified atom stereocenters. The molecule has 1 aromatic heterocycles. The third-order valence-electron chi connectivity index (χ3n) is 5.64. The normalized spacial score (nSPS) is 15.1. The van der Waals surface area contributed by atoms with Crippen LogP contribution in [-0.4, -0.2) is 51.9 Å². The first-order valence-corrected chi connectivity index (χ1v) is 12.0. The van der Waals surface area contributed by atoms with Crippen LogP contribution in [0.4, 0.5) is 0 Å². The van der Waals surface area contributed by atoms with E-state index in [0.29, 0.717) is 41.0 Å². The lowest BCUT2D eigenvalue weighted by Crippen LogP contribution is -2.39. The van der Waals surface area contributed by atoms with Gasteiger partial charge in [-0.2, -0.15) is 0 Å². The summed E-state index contributed by atoms with van der Waals surface area (Å²) in [7, 11) is 1.91. The monoisotopic (exact) mass is 431 g/mol. The second-order valence-corrected chi connectivity index (χ2v) is 9.17. The molecule has 0 spiro atoms. The number of aromatic nitrogens is 2. The highest BCUT2D eigenvalue weighted by Crippen LogP contribution is 2.24. The van der Waals surface area contributed by atoms with Crippen molar-refractivity contribution in [2.75, 3.05) is 19.4 Å². The first-order valence-electron chi connectivity index (χ1n) is 11.0. The molecule has 164 valence electrons. The summed E-state index contributed by atoms with van der Waals surface area (Å²) in [4.78, 5) is 32.5. The van der Waals surface area contributed by atoms with Crippen molar-refractivity contribution < 1.29 is 9.53 Å². The van der Waals surface area contributed by atoms with Crippen molar-refractivity contribution in [2.24, 2.45) is 0 Å². The Balaban J connectivity index is 1.74. The molecule has 0 atom stereocenters. The second-order valence-electron chi connectivity index (χ2n) is 8.23. The predicted molar refractivity (Wildman–Crippen MR) is 122 cm³/mol. The van der Waals surface area contributed by atoms with Crippen LogP contribution >= 0.6 is 11.8 Å². The molecule has 1 aliphatic rings. The summed E-state index contributed by atoms with van der Waals surface area (Å²) in [6, 6.07) is 7.73. The van der Waals surface area contributed by atoms with Gasteiger partial charge in [0.25, 0.3) is 5.56 Å². The number of amides is 1. The Morgan fingerprint density at radius 1 is 1.27 bits per heavy atom. The zero-order chi connectivity index (χ0) is 21.5. The molecule has 0 aliphatic heterocycles. The Kier molecular flexibility index (Phi) is 8.33. The van der Waals surface area contributed by atoms with Crippen molar-refractivity contribution in [1.29, 1.82) is 0 Å². The summed E-state index contributed by atoms with van der Waals surface area (Å²) in [5, 5.41) is 1.21. The minimum atomic E-state index is -0.0549. The lowest BCUT2D eigenvalue weighted by atomic mass is 9.94. The molecule has 1 aliphatic carbocycles. The Morgan fingerprint density at radius 2 is 2.00 bits per heavy atom. The van der Waals surface area contributed by atoms with Crippen molar-refractivity contribution in [1.82, 2.24) is 14.5 Å². The Bertz CT molecular complexity index is 906. The number of benzene rings is 1. The fourth-order valence-corrected chi connectivity index (χ4v) is 4.85. The maximum atomic E-state index is 13.1. The van der Waals surface area contributed by atoms with E-state index >= 15 is 0 Å². The van der Waals surface area contributed by atoms with Crippen LogP contribution in [-0.2, 0) is 16.1 Å². The number of hydrogen-bond donors (Lipinski definition) is 0. The van der Waals surface area contributed by atoms with E-state index < -0.39 is 0 Å². The Morgan fingerprint density at radius 3 is 2.73 bits per heavy atom. The molecule has 0 radical (unpaired) electrons.